The molecule has 1 aliphatic heterocycles. The molecule has 2 aromatic rings. The third-order valence-electron chi connectivity index (χ3n) is 5.87. The second kappa shape index (κ2) is 11.8. The van der Waals surface area contributed by atoms with E-state index < -0.39 is 0 Å². The van der Waals surface area contributed by atoms with Gasteiger partial charge in [-0.3, -0.25) is 0 Å². The Labute approximate surface area is 209 Å². The zero-order chi connectivity index (χ0) is 23.3. The maximum atomic E-state index is 12.5. The normalized spacial score (nSPS) is 17.5. The van der Waals surface area contributed by atoms with E-state index in [1.165, 1.54) is 6.42 Å². The first kappa shape index (κ1) is 25.4. The number of likely N-dealkylation sites (tertiary alicyclic amines) is 1. The molecule has 0 spiro atoms. The van der Waals surface area contributed by atoms with Crippen molar-refractivity contribution in [2.75, 3.05) is 45.6 Å². The topological polar surface area (TPSA) is 47.6 Å². The van der Waals surface area contributed by atoms with Crippen molar-refractivity contribution in [3.05, 3.63) is 62.1 Å². The highest BCUT2D eigenvalue weighted by Gasteiger charge is 2.25. The molecule has 1 heterocycles. The summed E-state index contributed by atoms with van der Waals surface area (Å²) in [5.74, 6) is 0.0997. The molecule has 5 nitrogen and oxygen atoms in total. The van der Waals surface area contributed by atoms with Crippen LogP contribution in [0.3, 0.4) is 0 Å². The van der Waals surface area contributed by atoms with Crippen LogP contribution in [0.4, 0.5) is 10.5 Å². The number of nitrogens with one attached hydrogen (secondary N) is 2. The molecule has 2 N–H and O–H groups in total. The maximum absolute atomic E-state index is 12.5. The fourth-order valence-corrected chi connectivity index (χ4v) is 4.50. The smallest absolute Gasteiger partial charge is 0.319 e. The third-order valence-corrected chi connectivity index (χ3v) is 7.35. The van der Waals surface area contributed by atoms with Gasteiger partial charge in [-0.1, -0.05) is 52.5 Å². The molecule has 0 aromatic heterocycles. The largest absolute Gasteiger partial charge is 0.337 e. The lowest BCUT2D eigenvalue weighted by molar-refractivity contribution is 0.249. The van der Waals surface area contributed by atoms with Crippen LogP contribution in [0, 0.1) is 0 Å². The molecule has 2 atom stereocenters. The lowest BCUT2D eigenvalue weighted by atomic mass is 9.95. The molecule has 32 heavy (non-hydrogen) atoms. The maximum Gasteiger partial charge on any atom is 0.319 e. The van der Waals surface area contributed by atoms with Crippen molar-refractivity contribution in [1.82, 2.24) is 15.1 Å². The lowest BCUT2D eigenvalue weighted by Crippen LogP contribution is -2.35. The molecule has 1 saturated heterocycles. The van der Waals surface area contributed by atoms with Gasteiger partial charge in [-0.15, -0.1) is 0 Å². The molecular weight excluding hydrogens is 490 g/mol. The van der Waals surface area contributed by atoms with Crippen molar-refractivity contribution in [3.8, 4) is 0 Å². The van der Waals surface area contributed by atoms with Crippen LogP contribution in [0.1, 0.15) is 24.3 Å². The number of nitrogens with zero attached hydrogens (tertiary/aromatic N) is 2. The van der Waals surface area contributed by atoms with E-state index in [1.807, 2.05) is 12.1 Å². The number of anilines is 1. The number of likely N-dealkylation sites (N-methyl/N-ethyl adjacent to an activating group) is 1. The quantitative estimate of drug-likeness (QED) is 0.436. The molecule has 2 amide bonds. The average molecular weight is 518 g/mol. The Morgan fingerprint density at radius 2 is 1.75 bits per heavy atom. The Hall–Kier alpha value is -1.21. The standard InChI is InChI=1S/C23H28Cl4N4O/c1-30(2)18-8-10-31(14-18)9-7-16(15-3-5-19(24)21(26)11-15)13-28-23(32)29-17-4-6-20(25)22(27)12-17/h3-6,11-12,16,18H,7-10,13-14H2,1-2H3,(H2,28,29,32). The van der Waals surface area contributed by atoms with E-state index in [-0.39, 0.29) is 11.9 Å². The lowest BCUT2D eigenvalue weighted by Gasteiger charge is -2.24. The van der Waals surface area contributed by atoms with Crippen molar-refractivity contribution < 1.29 is 4.79 Å². The number of benzene rings is 2. The number of amides is 2. The Morgan fingerprint density at radius 1 is 1.06 bits per heavy atom. The summed E-state index contributed by atoms with van der Waals surface area (Å²) in [7, 11) is 4.26. The molecule has 2 unspecified atom stereocenters. The van der Waals surface area contributed by atoms with Gasteiger partial charge in [-0.25, -0.2) is 4.79 Å². The molecule has 0 aliphatic carbocycles. The van der Waals surface area contributed by atoms with E-state index in [9.17, 15) is 4.79 Å². The summed E-state index contributed by atoms with van der Waals surface area (Å²) >= 11 is 24.3. The van der Waals surface area contributed by atoms with Crippen LogP contribution in [-0.2, 0) is 0 Å². The van der Waals surface area contributed by atoms with E-state index in [0.29, 0.717) is 38.4 Å². The molecule has 2 aromatic carbocycles. The van der Waals surface area contributed by atoms with Gasteiger partial charge in [0.2, 0.25) is 0 Å². The fraction of sp³-hybridized carbons (Fsp3) is 0.435. The number of halogens is 4. The zero-order valence-electron chi connectivity index (χ0n) is 18.2. The van der Waals surface area contributed by atoms with Gasteiger partial charge in [0.15, 0.2) is 0 Å². The van der Waals surface area contributed by atoms with Gasteiger partial charge in [0.05, 0.1) is 20.1 Å². The first-order valence-electron chi connectivity index (χ1n) is 10.6. The Morgan fingerprint density at radius 3 is 2.38 bits per heavy atom. The van der Waals surface area contributed by atoms with E-state index in [1.54, 1.807) is 24.3 Å². The van der Waals surface area contributed by atoms with E-state index >= 15 is 0 Å². The highest BCUT2D eigenvalue weighted by Crippen LogP contribution is 2.29. The summed E-state index contributed by atoms with van der Waals surface area (Å²) in [6.45, 7) is 3.57. The van der Waals surface area contributed by atoms with Crippen molar-refractivity contribution >= 4 is 58.1 Å². The van der Waals surface area contributed by atoms with Crippen LogP contribution in [-0.4, -0.2) is 62.1 Å². The van der Waals surface area contributed by atoms with E-state index in [4.69, 9.17) is 46.4 Å². The van der Waals surface area contributed by atoms with Crippen LogP contribution in [0.5, 0.6) is 0 Å². The molecule has 0 saturated carbocycles. The number of hydrogen-bond acceptors (Lipinski definition) is 3. The van der Waals surface area contributed by atoms with E-state index in [2.05, 4.69) is 34.5 Å². The number of hydrogen-bond donors (Lipinski definition) is 2. The molecule has 0 bridgehead atoms. The Kier molecular flexibility index (Phi) is 9.35. The Bertz CT molecular complexity index is 940. The molecule has 1 fully saturated rings. The van der Waals surface area contributed by atoms with Crippen LogP contribution in [0.2, 0.25) is 20.1 Å². The molecular formula is C23H28Cl4N4O. The first-order chi connectivity index (χ1) is 15.2. The molecule has 3 rings (SSSR count). The van der Waals surface area contributed by atoms with Crippen LogP contribution >= 0.6 is 46.4 Å². The van der Waals surface area contributed by atoms with Gasteiger partial charge in [0, 0.05) is 30.7 Å². The summed E-state index contributed by atoms with van der Waals surface area (Å²) in [4.78, 5) is 17.2. The van der Waals surface area contributed by atoms with Gasteiger partial charge in [-0.05, 0) is 75.9 Å². The second-order valence-corrected chi connectivity index (χ2v) is 9.96. The van der Waals surface area contributed by atoms with Gasteiger partial charge < -0.3 is 20.4 Å². The molecule has 1 aliphatic rings. The summed E-state index contributed by atoms with van der Waals surface area (Å²) in [5, 5.41) is 7.64. The third kappa shape index (κ3) is 7.14. The predicted molar refractivity (Wildman–Crippen MR) is 136 cm³/mol. The average Bonchev–Trinajstić information content (AvgIpc) is 3.22. The zero-order valence-corrected chi connectivity index (χ0v) is 21.2. The minimum atomic E-state index is -0.303. The monoisotopic (exact) mass is 516 g/mol. The molecule has 174 valence electrons. The van der Waals surface area contributed by atoms with Crippen molar-refractivity contribution in [2.45, 2.75) is 24.8 Å². The van der Waals surface area contributed by atoms with Crippen LogP contribution < -0.4 is 10.6 Å². The number of rotatable bonds is 8. The molecule has 0 radical (unpaired) electrons. The van der Waals surface area contributed by atoms with Gasteiger partial charge >= 0.3 is 6.03 Å². The second-order valence-electron chi connectivity index (χ2n) is 8.33. The fourth-order valence-electron chi connectivity index (χ4n) is 3.89. The highest BCUT2D eigenvalue weighted by atomic mass is 35.5. The van der Waals surface area contributed by atoms with Crippen molar-refractivity contribution in [3.63, 3.8) is 0 Å². The highest BCUT2D eigenvalue weighted by molar-refractivity contribution is 6.42. The summed E-state index contributed by atoms with van der Waals surface area (Å²) < 4.78 is 0. The first-order valence-corrected chi connectivity index (χ1v) is 12.1. The van der Waals surface area contributed by atoms with Crippen molar-refractivity contribution in [1.29, 1.82) is 0 Å². The minimum absolute atomic E-state index is 0.0997. The predicted octanol–water partition coefficient (Wildman–Crippen LogP) is 6.23. The van der Waals surface area contributed by atoms with Gasteiger partial charge in [-0.2, -0.15) is 0 Å². The molecule has 9 heteroatoms. The van der Waals surface area contributed by atoms with Crippen molar-refractivity contribution in [2.24, 2.45) is 0 Å². The van der Waals surface area contributed by atoms with Crippen LogP contribution in [0.25, 0.3) is 0 Å². The van der Waals surface area contributed by atoms with E-state index in [0.717, 1.165) is 31.6 Å². The van der Waals surface area contributed by atoms with Gasteiger partial charge in [0.1, 0.15) is 0 Å². The Balaban J connectivity index is 1.62. The van der Waals surface area contributed by atoms with Gasteiger partial charge in [0.25, 0.3) is 0 Å². The van der Waals surface area contributed by atoms with Crippen LogP contribution in [0.15, 0.2) is 36.4 Å². The SMILES string of the molecule is CN(C)C1CCN(CCC(CNC(=O)Nc2ccc(Cl)c(Cl)c2)c2ccc(Cl)c(Cl)c2)C1. The number of carbonyl (C=O) groups excluding carboxylic acids is 1. The minimum Gasteiger partial charge on any atom is -0.337 e. The number of carbonyl (C=O) groups is 1. The summed E-state index contributed by atoms with van der Waals surface area (Å²) in [6, 6.07) is 10.9. The summed E-state index contributed by atoms with van der Waals surface area (Å²) in [5.41, 5.74) is 1.63. The number of urea groups is 1. The summed E-state index contributed by atoms with van der Waals surface area (Å²) in [6.07, 6.45) is 2.07.